The number of carbonyl (C=O) groups excluding carboxylic acids is 2. The highest BCUT2D eigenvalue weighted by Gasteiger charge is 2.41. The smallest absolute Gasteiger partial charge is 0.230 e. The second-order valence-electron chi connectivity index (χ2n) is 8.37. The van der Waals surface area contributed by atoms with Crippen molar-refractivity contribution < 1.29 is 9.59 Å². The van der Waals surface area contributed by atoms with E-state index in [1.807, 2.05) is 34.9 Å². The van der Waals surface area contributed by atoms with Gasteiger partial charge in [0.2, 0.25) is 11.8 Å². The van der Waals surface area contributed by atoms with Gasteiger partial charge in [-0.25, -0.2) is 9.97 Å². The van der Waals surface area contributed by atoms with Crippen molar-refractivity contribution in [2.45, 2.75) is 33.1 Å². The van der Waals surface area contributed by atoms with Gasteiger partial charge in [-0.05, 0) is 26.2 Å². The number of hydrogen-bond donors (Lipinski definition) is 0. The summed E-state index contributed by atoms with van der Waals surface area (Å²) in [5.41, 5.74) is -0.438. The molecule has 0 aliphatic carbocycles. The lowest BCUT2D eigenvalue weighted by atomic mass is 9.80. The zero-order valence-electron chi connectivity index (χ0n) is 17.5. The molecule has 2 aliphatic heterocycles. The summed E-state index contributed by atoms with van der Waals surface area (Å²) in [7, 11) is 3.92. The topological polar surface area (TPSA) is 72.9 Å². The van der Waals surface area contributed by atoms with Crippen LogP contribution in [0.3, 0.4) is 0 Å². The average Bonchev–Trinajstić information content (AvgIpc) is 2.94. The number of anilines is 2. The highest BCUT2D eigenvalue weighted by Crippen LogP contribution is 2.34. The first-order valence-corrected chi connectivity index (χ1v) is 10.1. The summed E-state index contributed by atoms with van der Waals surface area (Å²) >= 11 is 0. The number of piperidine rings is 1. The summed E-state index contributed by atoms with van der Waals surface area (Å²) in [6.45, 7) is 7.91. The van der Waals surface area contributed by atoms with Crippen molar-refractivity contribution in [2.75, 3.05) is 63.2 Å². The first-order valence-electron chi connectivity index (χ1n) is 10.1. The summed E-state index contributed by atoms with van der Waals surface area (Å²) in [5, 5.41) is 0. The molecule has 0 radical (unpaired) electrons. The molecule has 1 atom stereocenters. The Bertz CT molecular complexity index is 724. The number of carbonyl (C=O) groups is 2. The molecule has 2 fully saturated rings. The van der Waals surface area contributed by atoms with Crippen LogP contribution in [-0.2, 0) is 9.59 Å². The number of nitrogens with zero attached hydrogens (tertiary/aromatic N) is 6. The first-order chi connectivity index (χ1) is 13.3. The number of aromatic nitrogens is 2. The van der Waals surface area contributed by atoms with Gasteiger partial charge in [0, 0.05) is 66.4 Å². The van der Waals surface area contributed by atoms with Gasteiger partial charge in [0.15, 0.2) is 0 Å². The lowest BCUT2D eigenvalue weighted by Gasteiger charge is -2.42. The summed E-state index contributed by atoms with van der Waals surface area (Å²) in [5.74, 6) is 2.02. The number of hydrogen-bond acceptors (Lipinski definition) is 6. The van der Waals surface area contributed by atoms with Crippen LogP contribution in [0.4, 0.5) is 11.6 Å². The summed E-state index contributed by atoms with van der Waals surface area (Å²) in [4.78, 5) is 41.8. The first kappa shape index (κ1) is 20.4. The van der Waals surface area contributed by atoms with Gasteiger partial charge in [-0.3, -0.25) is 9.59 Å². The highest BCUT2D eigenvalue weighted by molar-refractivity contribution is 5.83. The van der Waals surface area contributed by atoms with Crippen molar-refractivity contribution in [3.8, 4) is 0 Å². The Morgan fingerprint density at radius 1 is 1.04 bits per heavy atom. The molecule has 2 amide bonds. The monoisotopic (exact) mass is 388 g/mol. The third-order valence-corrected chi connectivity index (χ3v) is 5.86. The maximum atomic E-state index is 13.4. The highest BCUT2D eigenvalue weighted by atomic mass is 16.2. The molecule has 1 aromatic rings. The van der Waals surface area contributed by atoms with Crippen LogP contribution in [0.2, 0.25) is 0 Å². The molecule has 28 heavy (non-hydrogen) atoms. The molecular weight excluding hydrogens is 356 g/mol. The van der Waals surface area contributed by atoms with Crippen molar-refractivity contribution in [1.82, 2.24) is 19.8 Å². The Morgan fingerprint density at radius 3 is 2.46 bits per heavy atom. The maximum absolute atomic E-state index is 13.4. The van der Waals surface area contributed by atoms with Gasteiger partial charge in [-0.1, -0.05) is 0 Å². The summed E-state index contributed by atoms with van der Waals surface area (Å²) in [6, 6.07) is 1.98. The maximum Gasteiger partial charge on any atom is 0.230 e. The van der Waals surface area contributed by atoms with E-state index in [1.54, 1.807) is 13.3 Å². The van der Waals surface area contributed by atoms with Crippen LogP contribution in [0, 0.1) is 5.41 Å². The van der Waals surface area contributed by atoms with E-state index in [1.165, 1.54) is 0 Å². The molecule has 0 bridgehead atoms. The fourth-order valence-electron chi connectivity index (χ4n) is 4.18. The molecular formula is C20H32N6O2. The molecule has 0 N–H and O–H groups in total. The average molecular weight is 389 g/mol. The van der Waals surface area contributed by atoms with Crippen molar-refractivity contribution >= 4 is 23.5 Å². The van der Waals surface area contributed by atoms with E-state index in [-0.39, 0.29) is 11.8 Å². The predicted octanol–water partition coefficient (Wildman–Crippen LogP) is 1.23. The number of rotatable bonds is 3. The van der Waals surface area contributed by atoms with Gasteiger partial charge in [0.25, 0.3) is 0 Å². The predicted molar refractivity (Wildman–Crippen MR) is 109 cm³/mol. The molecule has 2 aliphatic rings. The van der Waals surface area contributed by atoms with Crippen LogP contribution in [0.5, 0.6) is 0 Å². The van der Waals surface area contributed by atoms with Crippen LogP contribution in [0.15, 0.2) is 12.4 Å². The van der Waals surface area contributed by atoms with Gasteiger partial charge < -0.3 is 19.6 Å². The standard InChI is InChI=1S/C20H32N6O2/c1-16(27)24-9-6-10-25(12-11-24)19(28)20(2)7-5-8-26(14-20)18-13-17(23(3)4)21-15-22-18/h13,15H,5-12,14H2,1-4H3/t20-/m1/s1. The zero-order chi connectivity index (χ0) is 20.3. The second-order valence-corrected chi connectivity index (χ2v) is 8.37. The van der Waals surface area contributed by atoms with Crippen molar-refractivity contribution in [3.05, 3.63) is 12.4 Å². The third-order valence-electron chi connectivity index (χ3n) is 5.86. The van der Waals surface area contributed by atoms with Crippen molar-refractivity contribution in [1.29, 1.82) is 0 Å². The molecule has 8 heteroatoms. The molecule has 8 nitrogen and oxygen atoms in total. The largest absolute Gasteiger partial charge is 0.363 e. The SMILES string of the molecule is CC(=O)N1CCCN(C(=O)[C@]2(C)CCCN(c3cc(N(C)C)ncn3)C2)CC1. The minimum atomic E-state index is -0.438. The number of amides is 2. The van der Waals surface area contributed by atoms with Gasteiger partial charge in [0.05, 0.1) is 5.41 Å². The normalized spacial score (nSPS) is 23.4. The van der Waals surface area contributed by atoms with Crippen LogP contribution >= 0.6 is 0 Å². The van der Waals surface area contributed by atoms with E-state index in [9.17, 15) is 9.59 Å². The quantitative estimate of drug-likeness (QED) is 0.776. The minimum absolute atomic E-state index is 0.0878. The van der Waals surface area contributed by atoms with Gasteiger partial charge in [-0.2, -0.15) is 0 Å². The third kappa shape index (κ3) is 4.36. The lowest BCUT2D eigenvalue weighted by molar-refractivity contribution is -0.142. The molecule has 0 spiro atoms. The Kier molecular flexibility index (Phi) is 6.05. The molecule has 0 unspecified atom stereocenters. The Labute approximate surface area is 167 Å². The van der Waals surface area contributed by atoms with E-state index in [2.05, 4.69) is 21.8 Å². The zero-order valence-corrected chi connectivity index (χ0v) is 17.5. The van der Waals surface area contributed by atoms with Gasteiger partial charge in [0.1, 0.15) is 18.0 Å². The van der Waals surface area contributed by atoms with E-state index in [0.717, 1.165) is 50.5 Å². The molecule has 0 aromatic carbocycles. The molecule has 1 aromatic heterocycles. The van der Waals surface area contributed by atoms with Crippen molar-refractivity contribution in [2.24, 2.45) is 5.41 Å². The summed E-state index contributed by atoms with van der Waals surface area (Å²) < 4.78 is 0. The Balaban J connectivity index is 1.71. The minimum Gasteiger partial charge on any atom is -0.363 e. The molecule has 3 rings (SSSR count). The fraction of sp³-hybridized carbons (Fsp3) is 0.700. The lowest BCUT2D eigenvalue weighted by Crippen LogP contribution is -2.52. The molecule has 3 heterocycles. The van der Waals surface area contributed by atoms with Crippen molar-refractivity contribution in [3.63, 3.8) is 0 Å². The van der Waals surface area contributed by atoms with E-state index in [4.69, 9.17) is 0 Å². The van der Waals surface area contributed by atoms with E-state index in [0.29, 0.717) is 19.6 Å². The Morgan fingerprint density at radius 2 is 1.75 bits per heavy atom. The molecule has 2 saturated heterocycles. The Hall–Kier alpha value is -2.38. The van der Waals surface area contributed by atoms with Gasteiger partial charge >= 0.3 is 0 Å². The molecule has 154 valence electrons. The second kappa shape index (κ2) is 8.32. The molecule has 0 saturated carbocycles. The van der Waals surface area contributed by atoms with Crippen LogP contribution < -0.4 is 9.80 Å². The van der Waals surface area contributed by atoms with Crippen LogP contribution in [0.25, 0.3) is 0 Å². The van der Waals surface area contributed by atoms with Crippen LogP contribution in [-0.4, -0.2) is 84.9 Å². The van der Waals surface area contributed by atoms with Crippen LogP contribution in [0.1, 0.15) is 33.1 Å². The summed E-state index contributed by atoms with van der Waals surface area (Å²) in [6.07, 6.45) is 4.25. The van der Waals surface area contributed by atoms with Gasteiger partial charge in [-0.15, -0.1) is 0 Å². The fourth-order valence-corrected chi connectivity index (χ4v) is 4.18. The van der Waals surface area contributed by atoms with E-state index >= 15 is 0 Å². The van der Waals surface area contributed by atoms with E-state index < -0.39 is 5.41 Å².